The molecule has 0 aromatic heterocycles. The first-order valence-corrected chi connectivity index (χ1v) is 7.40. The van der Waals surface area contributed by atoms with Crippen molar-refractivity contribution >= 4 is 11.9 Å². The van der Waals surface area contributed by atoms with Gasteiger partial charge in [0.25, 0.3) is 0 Å². The number of hydrogen-bond donors (Lipinski definition) is 1. The van der Waals surface area contributed by atoms with Crippen molar-refractivity contribution in [2.75, 3.05) is 0 Å². The lowest BCUT2D eigenvalue weighted by molar-refractivity contribution is -0.151. The number of hydrogen-bond acceptors (Lipinski definition) is 3. The SMILES string of the molecule is C=CC(=O)OC(C)(C)CCC(CCCCCC)C(=O)O. The zero-order valence-corrected chi connectivity index (χ0v) is 13.0. The van der Waals surface area contributed by atoms with Crippen molar-refractivity contribution in [2.45, 2.75) is 71.3 Å². The molecule has 0 rings (SSSR count). The van der Waals surface area contributed by atoms with Crippen LogP contribution in [0.5, 0.6) is 0 Å². The molecule has 1 N–H and O–H groups in total. The molecule has 20 heavy (non-hydrogen) atoms. The van der Waals surface area contributed by atoms with Crippen molar-refractivity contribution in [3.05, 3.63) is 12.7 Å². The van der Waals surface area contributed by atoms with E-state index in [0.29, 0.717) is 19.3 Å². The van der Waals surface area contributed by atoms with Crippen molar-refractivity contribution in [1.82, 2.24) is 0 Å². The molecule has 0 fully saturated rings. The second-order valence-corrected chi connectivity index (χ2v) is 5.81. The molecule has 0 aromatic rings. The van der Waals surface area contributed by atoms with Crippen LogP contribution in [0.2, 0.25) is 0 Å². The maximum Gasteiger partial charge on any atom is 0.330 e. The predicted octanol–water partition coefficient (Wildman–Crippen LogP) is 3.95. The van der Waals surface area contributed by atoms with E-state index in [2.05, 4.69) is 13.5 Å². The summed E-state index contributed by atoms with van der Waals surface area (Å²) in [7, 11) is 0. The molecule has 0 radical (unpaired) electrons. The Morgan fingerprint density at radius 2 is 1.90 bits per heavy atom. The molecule has 0 saturated carbocycles. The molecule has 1 atom stereocenters. The predicted molar refractivity (Wildman–Crippen MR) is 79.5 cm³/mol. The van der Waals surface area contributed by atoms with Gasteiger partial charge in [-0.1, -0.05) is 39.2 Å². The summed E-state index contributed by atoms with van der Waals surface area (Å²) in [5.74, 6) is -1.58. The number of carbonyl (C=O) groups excluding carboxylic acids is 1. The number of carbonyl (C=O) groups is 2. The van der Waals surface area contributed by atoms with Crippen LogP contribution in [0.25, 0.3) is 0 Å². The summed E-state index contributed by atoms with van der Waals surface area (Å²) in [4.78, 5) is 22.4. The van der Waals surface area contributed by atoms with E-state index in [1.807, 2.05) is 0 Å². The fourth-order valence-corrected chi connectivity index (χ4v) is 2.10. The third kappa shape index (κ3) is 8.73. The summed E-state index contributed by atoms with van der Waals surface area (Å²) in [5.41, 5.74) is -0.650. The third-order valence-corrected chi connectivity index (χ3v) is 3.39. The van der Waals surface area contributed by atoms with Gasteiger partial charge in [-0.15, -0.1) is 0 Å². The Morgan fingerprint density at radius 1 is 1.25 bits per heavy atom. The van der Waals surface area contributed by atoms with Crippen LogP contribution in [0.15, 0.2) is 12.7 Å². The quantitative estimate of drug-likeness (QED) is 0.354. The van der Waals surface area contributed by atoms with E-state index in [-0.39, 0.29) is 5.92 Å². The fraction of sp³-hybridized carbons (Fsp3) is 0.750. The largest absolute Gasteiger partial charge is 0.481 e. The van der Waals surface area contributed by atoms with E-state index in [4.69, 9.17) is 4.74 Å². The number of rotatable bonds is 11. The molecule has 0 aliphatic rings. The topological polar surface area (TPSA) is 63.6 Å². The highest BCUT2D eigenvalue weighted by Crippen LogP contribution is 2.24. The molecule has 116 valence electrons. The zero-order valence-electron chi connectivity index (χ0n) is 13.0. The number of esters is 1. The van der Waals surface area contributed by atoms with Gasteiger partial charge in [-0.3, -0.25) is 4.79 Å². The molecule has 0 amide bonds. The van der Waals surface area contributed by atoms with Gasteiger partial charge in [0, 0.05) is 6.08 Å². The minimum absolute atomic E-state index is 0.353. The van der Waals surface area contributed by atoms with Crippen LogP contribution in [-0.2, 0) is 14.3 Å². The maximum absolute atomic E-state index is 11.2. The first-order chi connectivity index (χ1) is 9.32. The van der Waals surface area contributed by atoms with Crippen LogP contribution in [0.4, 0.5) is 0 Å². The summed E-state index contributed by atoms with van der Waals surface area (Å²) in [5, 5.41) is 9.23. The summed E-state index contributed by atoms with van der Waals surface area (Å²) < 4.78 is 5.21. The number of aliphatic carboxylic acids is 1. The van der Waals surface area contributed by atoms with Crippen LogP contribution in [0, 0.1) is 5.92 Å². The first-order valence-electron chi connectivity index (χ1n) is 7.40. The van der Waals surface area contributed by atoms with Crippen molar-refractivity contribution < 1.29 is 19.4 Å². The molecular formula is C16H28O4. The van der Waals surface area contributed by atoms with Crippen molar-refractivity contribution in [2.24, 2.45) is 5.92 Å². The number of carboxylic acid groups (broad SMARTS) is 1. The van der Waals surface area contributed by atoms with Crippen molar-refractivity contribution in [3.8, 4) is 0 Å². The monoisotopic (exact) mass is 284 g/mol. The lowest BCUT2D eigenvalue weighted by atomic mass is 9.91. The van der Waals surface area contributed by atoms with Gasteiger partial charge in [0.2, 0.25) is 0 Å². The summed E-state index contributed by atoms with van der Waals surface area (Å²) in [6.45, 7) is 9.08. The van der Waals surface area contributed by atoms with Gasteiger partial charge >= 0.3 is 11.9 Å². The second-order valence-electron chi connectivity index (χ2n) is 5.81. The van der Waals surface area contributed by atoms with Gasteiger partial charge < -0.3 is 9.84 Å². The highest BCUT2D eigenvalue weighted by Gasteiger charge is 2.26. The molecule has 0 aliphatic carbocycles. The van der Waals surface area contributed by atoms with Crippen molar-refractivity contribution in [1.29, 1.82) is 0 Å². The minimum Gasteiger partial charge on any atom is -0.481 e. The molecule has 0 bridgehead atoms. The van der Waals surface area contributed by atoms with E-state index >= 15 is 0 Å². The zero-order chi connectivity index (χ0) is 15.6. The van der Waals surface area contributed by atoms with Gasteiger partial charge in [0.1, 0.15) is 5.60 Å². The van der Waals surface area contributed by atoms with E-state index in [9.17, 15) is 14.7 Å². The van der Waals surface area contributed by atoms with Gasteiger partial charge in [-0.25, -0.2) is 4.79 Å². The standard InChI is InChI=1S/C16H28O4/c1-5-7-8-9-10-13(15(18)19)11-12-16(3,4)20-14(17)6-2/h6,13H,2,5,7-12H2,1,3-4H3,(H,18,19). The molecule has 0 spiro atoms. The molecule has 0 saturated heterocycles. The third-order valence-electron chi connectivity index (χ3n) is 3.39. The van der Waals surface area contributed by atoms with E-state index in [1.165, 1.54) is 0 Å². The van der Waals surface area contributed by atoms with Gasteiger partial charge in [0.05, 0.1) is 5.92 Å². The van der Waals surface area contributed by atoms with Crippen LogP contribution in [0.3, 0.4) is 0 Å². The normalized spacial score (nSPS) is 12.8. The molecule has 4 nitrogen and oxygen atoms in total. The Balaban J connectivity index is 4.21. The van der Waals surface area contributed by atoms with E-state index < -0.39 is 17.5 Å². The van der Waals surface area contributed by atoms with Crippen LogP contribution in [-0.4, -0.2) is 22.6 Å². The average molecular weight is 284 g/mol. The fourth-order valence-electron chi connectivity index (χ4n) is 2.10. The number of ether oxygens (including phenoxy) is 1. The minimum atomic E-state index is -0.757. The first kappa shape index (κ1) is 18.7. The lowest BCUT2D eigenvalue weighted by Gasteiger charge is -2.26. The molecule has 1 unspecified atom stereocenters. The molecule has 0 aliphatic heterocycles. The number of unbranched alkanes of at least 4 members (excludes halogenated alkanes) is 3. The molecule has 4 heteroatoms. The van der Waals surface area contributed by atoms with Crippen molar-refractivity contribution in [3.63, 3.8) is 0 Å². The highest BCUT2D eigenvalue weighted by molar-refractivity contribution is 5.81. The van der Waals surface area contributed by atoms with Gasteiger partial charge in [-0.05, 0) is 33.1 Å². The molecular weight excluding hydrogens is 256 g/mol. The van der Waals surface area contributed by atoms with E-state index in [0.717, 1.165) is 31.8 Å². The van der Waals surface area contributed by atoms with Crippen LogP contribution in [0.1, 0.15) is 65.7 Å². The Hall–Kier alpha value is -1.32. The second kappa shape index (κ2) is 9.56. The smallest absolute Gasteiger partial charge is 0.330 e. The Bertz CT molecular complexity index is 320. The van der Waals surface area contributed by atoms with Gasteiger partial charge in [-0.2, -0.15) is 0 Å². The Labute approximate surface area is 122 Å². The lowest BCUT2D eigenvalue weighted by Crippen LogP contribution is -2.29. The molecule has 0 heterocycles. The Kier molecular flexibility index (Phi) is 8.93. The average Bonchev–Trinajstić information content (AvgIpc) is 2.36. The molecule has 0 aromatic carbocycles. The maximum atomic E-state index is 11.2. The highest BCUT2D eigenvalue weighted by atomic mass is 16.6. The summed E-state index contributed by atoms with van der Waals surface area (Å²) >= 11 is 0. The number of carboxylic acids is 1. The Morgan fingerprint density at radius 3 is 2.40 bits per heavy atom. The van der Waals surface area contributed by atoms with Crippen LogP contribution < -0.4 is 0 Å². The van der Waals surface area contributed by atoms with E-state index in [1.54, 1.807) is 13.8 Å². The van der Waals surface area contributed by atoms with Crippen LogP contribution >= 0.6 is 0 Å². The summed E-state index contributed by atoms with van der Waals surface area (Å²) in [6.07, 6.45) is 7.20. The summed E-state index contributed by atoms with van der Waals surface area (Å²) in [6, 6.07) is 0. The van der Waals surface area contributed by atoms with Gasteiger partial charge in [0.15, 0.2) is 0 Å².